The Bertz CT molecular complexity index is 156. The molecule has 0 aliphatic carbocycles. The summed E-state index contributed by atoms with van der Waals surface area (Å²) in [5, 5.41) is 11.0. The van der Waals surface area contributed by atoms with Gasteiger partial charge in [0.05, 0.1) is 0 Å². The van der Waals surface area contributed by atoms with Crippen LogP contribution in [0.5, 0.6) is 0 Å². The van der Waals surface area contributed by atoms with E-state index in [0.717, 1.165) is 0 Å². The molecule has 1 heterocycles. The third-order valence-electron chi connectivity index (χ3n) is 0.846. The molecule has 0 saturated carbocycles. The van der Waals surface area contributed by atoms with Crippen molar-refractivity contribution in [2.75, 3.05) is 0 Å². The average Bonchev–Trinajstić information content (AvgIpc) is 2.11. The summed E-state index contributed by atoms with van der Waals surface area (Å²) in [4.78, 5) is 3.75. The fraction of sp³-hybridized carbons (Fsp3) is 0.667. The van der Waals surface area contributed by atoms with E-state index in [1.807, 2.05) is 0 Å². The first-order chi connectivity index (χ1) is 4.52. The first kappa shape index (κ1) is 7.13. The number of alkyl halides is 3. The maximum atomic E-state index is 11.6. The quantitative estimate of drug-likeness (QED) is 0.556. The summed E-state index contributed by atoms with van der Waals surface area (Å²) in [6.45, 7) is 0. The van der Waals surface area contributed by atoms with Gasteiger partial charge >= 0.3 is 12.4 Å². The molecule has 1 aliphatic rings. The van der Waals surface area contributed by atoms with Gasteiger partial charge in [-0.25, -0.2) is 0 Å². The zero-order valence-electron chi connectivity index (χ0n) is 4.54. The number of hydrogen-bond donors (Lipinski definition) is 1. The van der Waals surface area contributed by atoms with E-state index in [2.05, 4.69) is 9.99 Å². The predicted octanol–water partition coefficient (Wildman–Crippen LogP) is 0.540. The molecule has 1 N–H and O–H groups in total. The van der Waals surface area contributed by atoms with Crippen LogP contribution in [0.4, 0.5) is 13.2 Å². The monoisotopic (exact) mass is 156 g/mol. The number of hydroxylamine groups is 2. The lowest BCUT2D eigenvalue weighted by Gasteiger charge is -2.17. The van der Waals surface area contributed by atoms with Crippen molar-refractivity contribution in [3.8, 4) is 0 Å². The van der Waals surface area contributed by atoms with Crippen LogP contribution in [-0.4, -0.2) is 29.0 Å². The molecule has 1 unspecified atom stereocenters. The van der Waals surface area contributed by atoms with Gasteiger partial charge in [-0.3, -0.25) is 5.21 Å². The number of nitrogens with zero attached hydrogens (tertiary/aromatic N) is 2. The molecule has 4 nitrogen and oxygen atoms in total. The summed E-state index contributed by atoms with van der Waals surface area (Å²) >= 11 is 0. The van der Waals surface area contributed by atoms with Crippen LogP contribution in [0.1, 0.15) is 0 Å². The Morgan fingerprint density at radius 2 is 2.20 bits per heavy atom. The Morgan fingerprint density at radius 1 is 1.60 bits per heavy atom. The van der Waals surface area contributed by atoms with Gasteiger partial charge in [0.1, 0.15) is 0 Å². The van der Waals surface area contributed by atoms with E-state index in [4.69, 9.17) is 5.21 Å². The summed E-state index contributed by atoms with van der Waals surface area (Å²) in [5.41, 5.74) is 0. The molecule has 58 valence electrons. The zero-order valence-corrected chi connectivity index (χ0v) is 4.54. The molecular weight excluding hydrogens is 153 g/mol. The zero-order chi connectivity index (χ0) is 7.78. The van der Waals surface area contributed by atoms with E-state index in [0.29, 0.717) is 6.34 Å². The minimum absolute atomic E-state index is 0.153. The highest BCUT2D eigenvalue weighted by Gasteiger charge is 2.48. The molecule has 0 spiro atoms. The number of halogens is 3. The standard InChI is InChI=1S/C3H3F3N2O2/c4-3(5,6)2-8(9)1-7-10-2/h1-2,9H. The number of oxime groups is 1. The highest BCUT2D eigenvalue weighted by molar-refractivity contribution is 5.53. The third-order valence-corrected chi connectivity index (χ3v) is 0.846. The molecule has 0 bridgehead atoms. The Morgan fingerprint density at radius 3 is 2.40 bits per heavy atom. The van der Waals surface area contributed by atoms with Gasteiger partial charge in [0, 0.05) is 0 Å². The number of hydrogen-bond acceptors (Lipinski definition) is 4. The van der Waals surface area contributed by atoms with E-state index in [1.54, 1.807) is 0 Å². The summed E-state index contributed by atoms with van der Waals surface area (Å²) in [7, 11) is 0. The smallest absolute Gasteiger partial charge is 0.357 e. The third kappa shape index (κ3) is 1.13. The molecule has 1 atom stereocenters. The second-order valence-electron chi connectivity index (χ2n) is 1.60. The Balaban J connectivity index is 2.60. The molecular formula is C3H3F3N2O2. The van der Waals surface area contributed by atoms with Crippen molar-refractivity contribution in [2.24, 2.45) is 5.16 Å². The maximum absolute atomic E-state index is 11.6. The molecule has 0 radical (unpaired) electrons. The molecule has 0 amide bonds. The van der Waals surface area contributed by atoms with Gasteiger partial charge in [-0.1, -0.05) is 5.16 Å². The molecule has 0 aromatic rings. The van der Waals surface area contributed by atoms with Crippen LogP contribution in [0.25, 0.3) is 0 Å². The van der Waals surface area contributed by atoms with Crippen LogP contribution in [0, 0.1) is 0 Å². The summed E-state index contributed by atoms with van der Waals surface area (Å²) in [6, 6.07) is 0. The van der Waals surface area contributed by atoms with E-state index in [-0.39, 0.29) is 5.06 Å². The first-order valence-electron chi connectivity index (χ1n) is 2.25. The van der Waals surface area contributed by atoms with Crippen molar-refractivity contribution in [3.05, 3.63) is 0 Å². The van der Waals surface area contributed by atoms with E-state index in [9.17, 15) is 13.2 Å². The lowest BCUT2D eigenvalue weighted by Crippen LogP contribution is -2.40. The summed E-state index contributed by atoms with van der Waals surface area (Å²) in [6.07, 6.45) is -6.43. The maximum Gasteiger partial charge on any atom is 0.450 e. The van der Waals surface area contributed by atoms with Gasteiger partial charge in [-0.2, -0.15) is 18.2 Å². The van der Waals surface area contributed by atoms with Gasteiger partial charge in [0.15, 0.2) is 6.34 Å². The fourth-order valence-electron chi connectivity index (χ4n) is 0.452. The van der Waals surface area contributed by atoms with Gasteiger partial charge in [-0.15, -0.1) is 0 Å². The van der Waals surface area contributed by atoms with Crippen LogP contribution < -0.4 is 0 Å². The Hall–Kier alpha value is -0.980. The predicted molar refractivity (Wildman–Crippen MR) is 23.0 cm³/mol. The van der Waals surface area contributed by atoms with Crippen molar-refractivity contribution < 1.29 is 23.2 Å². The van der Waals surface area contributed by atoms with Crippen LogP contribution in [-0.2, 0) is 4.84 Å². The van der Waals surface area contributed by atoms with Gasteiger partial charge in [-0.05, 0) is 0 Å². The molecule has 0 aromatic carbocycles. The van der Waals surface area contributed by atoms with Crippen molar-refractivity contribution in [1.82, 2.24) is 5.06 Å². The molecule has 1 aliphatic heterocycles. The van der Waals surface area contributed by atoms with E-state index in [1.165, 1.54) is 0 Å². The molecule has 1 rings (SSSR count). The highest BCUT2D eigenvalue weighted by atomic mass is 19.4. The van der Waals surface area contributed by atoms with Gasteiger partial charge < -0.3 is 4.84 Å². The van der Waals surface area contributed by atoms with Crippen molar-refractivity contribution >= 4 is 6.34 Å². The molecule has 10 heavy (non-hydrogen) atoms. The Kier molecular flexibility index (Phi) is 1.43. The Labute approximate surface area is 53.4 Å². The SMILES string of the molecule is ON1C=NOC1C(F)(F)F. The van der Waals surface area contributed by atoms with Crippen molar-refractivity contribution in [2.45, 2.75) is 12.4 Å². The molecule has 0 fully saturated rings. The lowest BCUT2D eigenvalue weighted by molar-refractivity contribution is -0.288. The number of rotatable bonds is 0. The highest BCUT2D eigenvalue weighted by Crippen LogP contribution is 2.26. The minimum Gasteiger partial charge on any atom is -0.357 e. The van der Waals surface area contributed by atoms with E-state index < -0.39 is 12.4 Å². The fourth-order valence-corrected chi connectivity index (χ4v) is 0.452. The van der Waals surface area contributed by atoms with Gasteiger partial charge in [0.2, 0.25) is 0 Å². The lowest BCUT2D eigenvalue weighted by atomic mass is 10.5. The molecule has 0 aromatic heterocycles. The molecule has 0 saturated heterocycles. The van der Waals surface area contributed by atoms with Crippen LogP contribution in [0.3, 0.4) is 0 Å². The van der Waals surface area contributed by atoms with Gasteiger partial charge in [0.25, 0.3) is 0 Å². The largest absolute Gasteiger partial charge is 0.450 e. The average molecular weight is 156 g/mol. The van der Waals surface area contributed by atoms with E-state index >= 15 is 0 Å². The van der Waals surface area contributed by atoms with Crippen LogP contribution >= 0.6 is 0 Å². The minimum atomic E-state index is -4.62. The second kappa shape index (κ2) is 2.01. The topological polar surface area (TPSA) is 45.1 Å². The van der Waals surface area contributed by atoms with Crippen LogP contribution in [0.15, 0.2) is 5.16 Å². The molecule has 7 heteroatoms. The first-order valence-corrected chi connectivity index (χ1v) is 2.25. The van der Waals surface area contributed by atoms with Crippen molar-refractivity contribution in [1.29, 1.82) is 0 Å². The normalized spacial score (nSPS) is 25.2. The van der Waals surface area contributed by atoms with Crippen LogP contribution in [0.2, 0.25) is 0 Å². The summed E-state index contributed by atoms with van der Waals surface area (Å²) in [5.74, 6) is 0. The second-order valence-corrected chi connectivity index (χ2v) is 1.60. The summed E-state index contributed by atoms with van der Waals surface area (Å²) < 4.78 is 34.8. The van der Waals surface area contributed by atoms with Crippen molar-refractivity contribution in [3.63, 3.8) is 0 Å².